The van der Waals surface area contributed by atoms with E-state index in [4.69, 9.17) is 4.42 Å². The highest BCUT2D eigenvalue weighted by molar-refractivity contribution is 7.89. The Kier molecular flexibility index (Phi) is 6.84. The van der Waals surface area contributed by atoms with Gasteiger partial charge in [-0.05, 0) is 54.3 Å². The van der Waals surface area contributed by atoms with Crippen molar-refractivity contribution >= 4 is 26.9 Å². The number of carbonyl (C=O) groups excluding carboxylic acids is 1. The fourth-order valence-electron chi connectivity index (χ4n) is 4.39. The number of ether oxygens (including phenoxy) is 1. The first-order valence-corrected chi connectivity index (χ1v) is 13.1. The zero-order valence-electron chi connectivity index (χ0n) is 19.8. The summed E-state index contributed by atoms with van der Waals surface area (Å²) in [5, 5.41) is 3.20. The largest absolute Gasteiger partial charge is 0.573 e. The van der Waals surface area contributed by atoms with Crippen LogP contribution in [0.2, 0.25) is 0 Å². The van der Waals surface area contributed by atoms with Crippen molar-refractivity contribution < 1.29 is 35.5 Å². The SMILES string of the molecule is O=C(NCc1cc(-c2ccc(OC(F)(F)F)cc2)ccn1)[C@@H]1CCCN1S(=O)(=O)c1cc2ccccc2o1. The summed E-state index contributed by atoms with van der Waals surface area (Å²) in [6, 6.07) is 16.3. The number of furan rings is 1. The van der Waals surface area contributed by atoms with E-state index >= 15 is 0 Å². The Bertz CT molecular complexity index is 1540. The highest BCUT2D eigenvalue weighted by Crippen LogP contribution is 2.30. The Morgan fingerprint density at radius 2 is 1.84 bits per heavy atom. The van der Waals surface area contributed by atoms with Gasteiger partial charge in [0.25, 0.3) is 10.0 Å². The molecule has 1 atom stereocenters. The molecule has 38 heavy (non-hydrogen) atoms. The second-order valence-corrected chi connectivity index (χ2v) is 10.5. The molecule has 2 aromatic heterocycles. The molecule has 0 spiro atoms. The Hall–Kier alpha value is -3.90. The molecule has 1 aliphatic rings. The molecule has 3 heterocycles. The number of hydrogen-bond acceptors (Lipinski definition) is 6. The molecule has 4 aromatic rings. The first-order chi connectivity index (χ1) is 18.1. The van der Waals surface area contributed by atoms with Crippen LogP contribution in [0.3, 0.4) is 0 Å². The van der Waals surface area contributed by atoms with Crippen LogP contribution < -0.4 is 10.1 Å². The van der Waals surface area contributed by atoms with Gasteiger partial charge in [0, 0.05) is 24.2 Å². The van der Waals surface area contributed by atoms with Gasteiger partial charge < -0.3 is 14.5 Å². The van der Waals surface area contributed by atoms with Crippen molar-refractivity contribution in [3.63, 3.8) is 0 Å². The minimum absolute atomic E-state index is 0.0387. The van der Waals surface area contributed by atoms with Crippen molar-refractivity contribution in [2.75, 3.05) is 6.54 Å². The van der Waals surface area contributed by atoms with Gasteiger partial charge in [-0.2, -0.15) is 4.31 Å². The van der Waals surface area contributed by atoms with Crippen molar-refractivity contribution in [3.05, 3.63) is 78.6 Å². The number of alkyl halides is 3. The average Bonchev–Trinajstić information content (AvgIpc) is 3.55. The maximum Gasteiger partial charge on any atom is 0.573 e. The van der Waals surface area contributed by atoms with Crippen LogP contribution >= 0.6 is 0 Å². The van der Waals surface area contributed by atoms with E-state index < -0.39 is 28.3 Å². The minimum Gasteiger partial charge on any atom is -0.443 e. The summed E-state index contributed by atoms with van der Waals surface area (Å²) >= 11 is 0. The molecule has 8 nitrogen and oxygen atoms in total. The van der Waals surface area contributed by atoms with E-state index in [0.717, 1.165) is 4.31 Å². The van der Waals surface area contributed by atoms with Gasteiger partial charge in [-0.25, -0.2) is 8.42 Å². The van der Waals surface area contributed by atoms with Crippen LogP contribution in [-0.4, -0.2) is 42.6 Å². The predicted molar refractivity (Wildman–Crippen MR) is 131 cm³/mol. The monoisotopic (exact) mass is 545 g/mol. The smallest absolute Gasteiger partial charge is 0.443 e. The number of benzene rings is 2. The molecule has 5 rings (SSSR count). The van der Waals surface area contributed by atoms with Gasteiger partial charge in [0.1, 0.15) is 17.4 Å². The third-order valence-electron chi connectivity index (χ3n) is 6.15. The number of amides is 1. The van der Waals surface area contributed by atoms with Gasteiger partial charge in [0.05, 0.1) is 12.2 Å². The summed E-state index contributed by atoms with van der Waals surface area (Å²) in [6.45, 7) is 0.232. The second kappa shape index (κ2) is 10.1. The lowest BCUT2D eigenvalue weighted by atomic mass is 10.1. The fraction of sp³-hybridized carbons (Fsp3) is 0.231. The van der Waals surface area contributed by atoms with Crippen molar-refractivity contribution in [1.29, 1.82) is 0 Å². The molecule has 12 heteroatoms. The lowest BCUT2D eigenvalue weighted by Gasteiger charge is -2.22. The highest BCUT2D eigenvalue weighted by Gasteiger charge is 2.41. The lowest BCUT2D eigenvalue weighted by molar-refractivity contribution is -0.274. The summed E-state index contributed by atoms with van der Waals surface area (Å²) in [4.78, 5) is 17.2. The second-order valence-electron chi connectivity index (χ2n) is 8.70. The number of fused-ring (bicyclic) bond motifs is 1. The van der Waals surface area contributed by atoms with E-state index in [1.54, 1.807) is 36.4 Å². The van der Waals surface area contributed by atoms with Gasteiger partial charge in [0.2, 0.25) is 11.0 Å². The first-order valence-electron chi connectivity index (χ1n) is 11.7. The maximum atomic E-state index is 13.3. The van der Waals surface area contributed by atoms with Crippen LogP contribution in [0, 0.1) is 0 Å². The zero-order valence-corrected chi connectivity index (χ0v) is 20.6. The standard InChI is InChI=1S/C26H22F3N3O5S/c27-26(28,29)37-21-9-7-17(8-10-21)18-11-12-30-20(14-18)16-31-25(33)22-5-3-13-32(22)38(34,35)24-15-19-4-1-2-6-23(19)36-24/h1-2,4,6-12,14-15,22H,3,5,13,16H2,(H,31,33)/t22-/m0/s1. The molecule has 0 unspecified atom stereocenters. The molecule has 2 aromatic carbocycles. The van der Waals surface area contributed by atoms with Gasteiger partial charge >= 0.3 is 6.36 Å². The van der Waals surface area contributed by atoms with Crippen molar-refractivity contribution in [2.45, 2.75) is 36.9 Å². The van der Waals surface area contributed by atoms with E-state index in [-0.39, 0.29) is 23.9 Å². The van der Waals surface area contributed by atoms with Crippen LogP contribution in [0.25, 0.3) is 22.1 Å². The van der Waals surface area contributed by atoms with E-state index in [1.807, 2.05) is 0 Å². The predicted octanol–water partition coefficient (Wildman–Crippen LogP) is 4.86. The van der Waals surface area contributed by atoms with E-state index in [2.05, 4.69) is 15.0 Å². The number of aromatic nitrogens is 1. The van der Waals surface area contributed by atoms with Gasteiger partial charge in [0.15, 0.2) is 0 Å². The number of carbonyl (C=O) groups is 1. The summed E-state index contributed by atoms with van der Waals surface area (Å²) in [5.74, 6) is -0.787. The van der Waals surface area contributed by atoms with Gasteiger partial charge in [-0.3, -0.25) is 9.78 Å². The maximum absolute atomic E-state index is 13.3. The number of sulfonamides is 1. The molecule has 0 aliphatic carbocycles. The number of hydrogen-bond donors (Lipinski definition) is 1. The number of nitrogens with one attached hydrogen (secondary N) is 1. The normalized spacial score (nSPS) is 16.6. The number of rotatable bonds is 7. The van der Waals surface area contributed by atoms with E-state index in [9.17, 15) is 26.4 Å². The Morgan fingerprint density at radius 3 is 2.58 bits per heavy atom. The van der Waals surface area contributed by atoms with Crippen LogP contribution in [0.15, 0.2) is 82.4 Å². The highest BCUT2D eigenvalue weighted by atomic mass is 32.2. The molecule has 1 amide bonds. The quantitative estimate of drug-likeness (QED) is 0.356. The molecule has 0 radical (unpaired) electrons. The molecule has 1 fully saturated rings. The summed E-state index contributed by atoms with van der Waals surface area (Å²) in [6.07, 6.45) is -2.36. The van der Waals surface area contributed by atoms with Crippen LogP contribution in [0.1, 0.15) is 18.5 Å². The molecule has 0 bridgehead atoms. The van der Waals surface area contributed by atoms with Crippen molar-refractivity contribution in [2.24, 2.45) is 0 Å². The Morgan fingerprint density at radius 1 is 1.08 bits per heavy atom. The molecule has 198 valence electrons. The molecule has 1 saturated heterocycles. The minimum atomic E-state index is -4.77. The molecule has 0 saturated carbocycles. The third kappa shape index (κ3) is 5.50. The first kappa shape index (κ1) is 25.7. The number of para-hydroxylation sites is 1. The van der Waals surface area contributed by atoms with Crippen LogP contribution in [-0.2, 0) is 21.4 Å². The average molecular weight is 546 g/mol. The van der Waals surface area contributed by atoms with Crippen LogP contribution in [0.4, 0.5) is 13.2 Å². The molecular weight excluding hydrogens is 523 g/mol. The summed E-state index contributed by atoms with van der Waals surface area (Å²) in [7, 11) is -4.03. The fourth-order valence-corrected chi connectivity index (χ4v) is 6.00. The lowest BCUT2D eigenvalue weighted by Crippen LogP contribution is -2.45. The van der Waals surface area contributed by atoms with E-state index in [0.29, 0.717) is 40.6 Å². The topological polar surface area (TPSA) is 102 Å². The third-order valence-corrected chi connectivity index (χ3v) is 7.92. The van der Waals surface area contributed by atoms with Crippen LogP contribution in [0.5, 0.6) is 5.75 Å². The van der Waals surface area contributed by atoms with E-state index in [1.165, 1.54) is 36.5 Å². The zero-order chi connectivity index (χ0) is 26.9. The Balaban J connectivity index is 1.26. The van der Waals surface area contributed by atoms with Gasteiger partial charge in [-0.1, -0.05) is 30.3 Å². The Labute approximate surface area is 216 Å². The molecule has 1 N–H and O–H groups in total. The van der Waals surface area contributed by atoms with Crippen molar-refractivity contribution in [1.82, 2.24) is 14.6 Å². The number of pyridine rings is 1. The van der Waals surface area contributed by atoms with Crippen molar-refractivity contribution in [3.8, 4) is 16.9 Å². The number of halogens is 3. The summed E-state index contributed by atoms with van der Waals surface area (Å²) in [5.41, 5.74) is 2.25. The van der Waals surface area contributed by atoms with Gasteiger partial charge in [-0.15, -0.1) is 13.2 Å². The molecule has 1 aliphatic heterocycles. The molecular formula is C26H22F3N3O5S. The number of nitrogens with zero attached hydrogens (tertiary/aromatic N) is 2. The summed E-state index contributed by atoms with van der Waals surface area (Å²) < 4.78 is 74.3.